The SMILES string of the molecule is C#CCN(C(=O)NCCCC)N1CC(=O)N2[C@@H](Cc3ccc4[nH]ncc4c3)C(=O)N(Cc3cccc4sc(N)nc34)C[C@@H]21. The van der Waals surface area contributed by atoms with Gasteiger partial charge in [-0.25, -0.2) is 14.8 Å². The van der Waals surface area contributed by atoms with Gasteiger partial charge in [0.25, 0.3) is 0 Å². The standard InChI is InChI=1S/C30H33N9O3S/c1-3-5-11-32-30(42)37(12-4-2)38-18-26(40)39-23(14-19-9-10-22-21(13-19)15-33-35-22)28(41)36(17-25(38)39)16-20-7-6-8-24-27(20)34-29(31)43-24/h2,6-10,13,15,23,25H,3,5,11-12,14,16-18H2,1H3,(H2,31,34)(H,32,42)(H,33,35)/t23-,25+/m0/s1. The largest absolute Gasteiger partial charge is 0.375 e. The third kappa shape index (κ3) is 5.47. The summed E-state index contributed by atoms with van der Waals surface area (Å²) in [6, 6.07) is 10.5. The maximum absolute atomic E-state index is 14.2. The number of nitrogens with zero attached hydrogens (tertiary/aromatic N) is 6. The molecule has 2 aromatic carbocycles. The Balaban J connectivity index is 1.35. The summed E-state index contributed by atoms with van der Waals surface area (Å²) in [5.74, 6) is 2.16. The second kappa shape index (κ2) is 11.9. The Bertz CT molecular complexity index is 1730. The number of piperazine rings is 1. The summed E-state index contributed by atoms with van der Waals surface area (Å²) in [5.41, 5.74) is 9.40. The summed E-state index contributed by atoms with van der Waals surface area (Å²) >= 11 is 1.39. The quantitative estimate of drug-likeness (QED) is 0.198. The van der Waals surface area contributed by atoms with Crippen molar-refractivity contribution in [3.8, 4) is 12.3 Å². The zero-order valence-electron chi connectivity index (χ0n) is 23.8. The van der Waals surface area contributed by atoms with Crippen LogP contribution >= 0.6 is 11.3 Å². The Morgan fingerprint density at radius 3 is 2.98 bits per heavy atom. The number of anilines is 1. The smallest absolute Gasteiger partial charge is 0.332 e. The minimum Gasteiger partial charge on any atom is -0.375 e. The molecule has 0 unspecified atom stereocenters. The van der Waals surface area contributed by atoms with E-state index in [-0.39, 0.29) is 44.0 Å². The third-order valence-corrected chi connectivity index (χ3v) is 8.82. The van der Waals surface area contributed by atoms with Gasteiger partial charge in [-0.05, 0) is 35.7 Å². The van der Waals surface area contributed by atoms with Gasteiger partial charge in [-0.1, -0.05) is 48.8 Å². The summed E-state index contributed by atoms with van der Waals surface area (Å²) in [6.45, 7) is 2.94. The molecule has 12 nitrogen and oxygen atoms in total. The number of urea groups is 1. The van der Waals surface area contributed by atoms with Crippen LogP contribution in [-0.2, 0) is 22.6 Å². The van der Waals surface area contributed by atoms with Gasteiger partial charge in [0.05, 0.1) is 41.6 Å². The molecule has 4 heterocycles. The molecule has 0 saturated carbocycles. The van der Waals surface area contributed by atoms with Gasteiger partial charge >= 0.3 is 6.03 Å². The first-order valence-corrected chi connectivity index (χ1v) is 15.1. The number of unbranched alkanes of at least 4 members (excludes halogenated alkanes) is 1. The lowest BCUT2D eigenvalue weighted by Gasteiger charge is -2.46. The molecule has 43 heavy (non-hydrogen) atoms. The van der Waals surface area contributed by atoms with Crippen LogP contribution in [0, 0.1) is 12.3 Å². The number of thiazole rings is 1. The van der Waals surface area contributed by atoms with E-state index in [4.69, 9.17) is 12.2 Å². The number of carbonyl (C=O) groups excluding carboxylic acids is 3. The van der Waals surface area contributed by atoms with Crippen molar-refractivity contribution < 1.29 is 14.4 Å². The molecule has 13 heteroatoms. The topological polar surface area (TPSA) is 144 Å². The lowest BCUT2D eigenvalue weighted by atomic mass is 9.99. The molecule has 2 aliphatic heterocycles. The van der Waals surface area contributed by atoms with Crippen molar-refractivity contribution in [1.82, 2.24) is 40.3 Å². The minimum absolute atomic E-state index is 0.0112. The lowest BCUT2D eigenvalue weighted by Crippen LogP contribution is -2.66. The molecule has 4 N–H and O–H groups in total. The molecule has 0 bridgehead atoms. The van der Waals surface area contributed by atoms with Gasteiger partial charge in [-0.3, -0.25) is 14.7 Å². The zero-order valence-corrected chi connectivity index (χ0v) is 24.6. The van der Waals surface area contributed by atoms with Gasteiger partial charge < -0.3 is 20.9 Å². The van der Waals surface area contributed by atoms with E-state index in [1.54, 1.807) is 21.0 Å². The van der Waals surface area contributed by atoms with E-state index in [9.17, 15) is 14.4 Å². The number of nitrogens with two attached hydrogens (primary N) is 1. The molecule has 4 amide bonds. The fraction of sp³-hybridized carbons (Fsp3) is 0.367. The monoisotopic (exact) mass is 599 g/mol. The Morgan fingerprint density at radius 2 is 2.16 bits per heavy atom. The second-order valence-electron chi connectivity index (χ2n) is 10.8. The molecular weight excluding hydrogens is 566 g/mol. The first-order chi connectivity index (χ1) is 20.9. The Labute approximate surface area is 252 Å². The van der Waals surface area contributed by atoms with Crippen LogP contribution in [0.3, 0.4) is 0 Å². The number of aromatic nitrogens is 3. The highest BCUT2D eigenvalue weighted by molar-refractivity contribution is 7.22. The maximum atomic E-state index is 14.2. The normalized spacial score (nSPS) is 18.8. The van der Waals surface area contributed by atoms with E-state index in [0.29, 0.717) is 18.1 Å². The van der Waals surface area contributed by atoms with Crippen molar-refractivity contribution in [2.24, 2.45) is 0 Å². The van der Waals surface area contributed by atoms with Gasteiger partial charge in [0.1, 0.15) is 12.2 Å². The Hall–Kier alpha value is -4.67. The van der Waals surface area contributed by atoms with E-state index >= 15 is 0 Å². The fourth-order valence-corrected chi connectivity index (χ4v) is 6.70. The van der Waals surface area contributed by atoms with Gasteiger partial charge in [0.2, 0.25) is 11.8 Å². The van der Waals surface area contributed by atoms with E-state index in [2.05, 4.69) is 26.4 Å². The summed E-state index contributed by atoms with van der Waals surface area (Å²) in [5, 5.41) is 14.5. The number of aromatic amines is 1. The molecule has 2 aliphatic rings. The average molecular weight is 600 g/mol. The van der Waals surface area contributed by atoms with E-state index in [0.717, 1.165) is 45.1 Å². The number of nitrogens with one attached hydrogen (secondary N) is 2. The number of terminal acetylenes is 1. The molecule has 2 aromatic heterocycles. The fourth-order valence-electron chi connectivity index (χ4n) is 5.92. The van der Waals surface area contributed by atoms with Crippen LogP contribution in [0.1, 0.15) is 30.9 Å². The van der Waals surface area contributed by atoms with Crippen LogP contribution in [0.15, 0.2) is 42.6 Å². The van der Waals surface area contributed by atoms with Crippen LogP contribution in [-0.4, -0.2) is 91.2 Å². The Kier molecular flexibility index (Phi) is 7.88. The summed E-state index contributed by atoms with van der Waals surface area (Å²) in [6.07, 6.45) is 8.88. The molecule has 6 rings (SSSR count). The molecule has 222 valence electrons. The Morgan fingerprint density at radius 1 is 1.30 bits per heavy atom. The minimum atomic E-state index is -0.781. The third-order valence-electron chi connectivity index (χ3n) is 7.97. The first kappa shape index (κ1) is 28.4. The highest BCUT2D eigenvalue weighted by Crippen LogP contribution is 2.32. The van der Waals surface area contributed by atoms with Gasteiger partial charge in [-0.15, -0.1) is 6.42 Å². The molecular formula is C30H33N9O3S. The van der Waals surface area contributed by atoms with Crippen molar-refractivity contribution in [3.05, 3.63) is 53.7 Å². The van der Waals surface area contributed by atoms with Crippen LogP contribution in [0.25, 0.3) is 21.1 Å². The number of H-pyrrole nitrogens is 1. The average Bonchev–Trinajstić information content (AvgIpc) is 3.70. The predicted octanol–water partition coefficient (Wildman–Crippen LogP) is 2.54. The number of carbonyl (C=O) groups is 3. The number of para-hydroxylation sites is 1. The molecule has 2 atom stereocenters. The van der Waals surface area contributed by atoms with Crippen molar-refractivity contribution in [3.63, 3.8) is 0 Å². The number of hydrazine groups is 1. The zero-order chi connectivity index (χ0) is 30.1. The highest BCUT2D eigenvalue weighted by Gasteiger charge is 2.52. The molecule has 0 radical (unpaired) electrons. The number of amides is 4. The van der Waals surface area contributed by atoms with E-state index < -0.39 is 12.2 Å². The van der Waals surface area contributed by atoms with Crippen molar-refractivity contribution in [2.75, 3.05) is 31.9 Å². The predicted molar refractivity (Wildman–Crippen MR) is 164 cm³/mol. The first-order valence-electron chi connectivity index (χ1n) is 14.3. The van der Waals surface area contributed by atoms with Gasteiger partial charge in [-0.2, -0.15) is 10.1 Å². The number of rotatable bonds is 9. The van der Waals surface area contributed by atoms with Crippen LogP contribution in [0.4, 0.5) is 9.93 Å². The van der Waals surface area contributed by atoms with Gasteiger partial charge in [0.15, 0.2) is 5.13 Å². The van der Waals surface area contributed by atoms with Crippen LogP contribution < -0.4 is 11.1 Å². The summed E-state index contributed by atoms with van der Waals surface area (Å²) in [7, 11) is 0. The van der Waals surface area contributed by atoms with Crippen LogP contribution in [0.5, 0.6) is 0 Å². The highest BCUT2D eigenvalue weighted by atomic mass is 32.1. The molecule has 2 fully saturated rings. The molecule has 2 saturated heterocycles. The molecule has 4 aromatic rings. The molecule has 0 aliphatic carbocycles. The van der Waals surface area contributed by atoms with Crippen molar-refractivity contribution in [1.29, 1.82) is 0 Å². The second-order valence-corrected chi connectivity index (χ2v) is 11.8. The van der Waals surface area contributed by atoms with E-state index in [1.165, 1.54) is 16.3 Å². The number of hydrogen-bond acceptors (Lipinski definition) is 8. The molecule has 0 spiro atoms. The maximum Gasteiger partial charge on any atom is 0.332 e. The number of benzene rings is 2. The van der Waals surface area contributed by atoms with Crippen LogP contribution in [0.2, 0.25) is 0 Å². The number of fused-ring (bicyclic) bond motifs is 3. The lowest BCUT2D eigenvalue weighted by molar-refractivity contribution is -0.157. The number of nitrogen functional groups attached to an aromatic ring is 1. The van der Waals surface area contributed by atoms with Crippen molar-refractivity contribution in [2.45, 2.75) is 44.9 Å². The van der Waals surface area contributed by atoms with Gasteiger partial charge in [0, 0.05) is 24.9 Å². The van der Waals surface area contributed by atoms with Crippen molar-refractivity contribution >= 4 is 55.4 Å². The number of hydrogen-bond donors (Lipinski definition) is 3. The summed E-state index contributed by atoms with van der Waals surface area (Å²) in [4.78, 5) is 49.0. The summed E-state index contributed by atoms with van der Waals surface area (Å²) < 4.78 is 0.938. The van der Waals surface area contributed by atoms with E-state index in [1.807, 2.05) is 43.3 Å².